The van der Waals surface area contributed by atoms with Crippen LogP contribution in [0, 0.1) is 0 Å². The van der Waals surface area contributed by atoms with E-state index in [1.54, 1.807) is 0 Å². The molecule has 55 heavy (non-hydrogen) atoms. The molecule has 0 fully saturated rings. The van der Waals surface area contributed by atoms with E-state index in [4.69, 9.17) is 4.74 Å². The van der Waals surface area contributed by atoms with Gasteiger partial charge < -0.3 is 14.2 Å². The van der Waals surface area contributed by atoms with Crippen molar-refractivity contribution < 1.29 is 4.74 Å². The number of ether oxygens (including phenoxy) is 1. The maximum absolute atomic E-state index is 6.25. The third-order valence-electron chi connectivity index (χ3n) is 11.6. The normalized spacial score (nSPS) is 13.2. The summed E-state index contributed by atoms with van der Waals surface area (Å²) in [4.78, 5) is 2.42. The Morgan fingerprint density at radius 2 is 0.927 bits per heavy atom. The second-order valence-corrected chi connectivity index (χ2v) is 15.0. The molecule has 0 bridgehead atoms. The number of hydrogen-bond acceptors (Lipinski definition) is 2. The average molecular weight is 707 g/mol. The quantitative estimate of drug-likeness (QED) is 0.171. The zero-order valence-corrected chi connectivity index (χ0v) is 30.8. The lowest BCUT2D eigenvalue weighted by Gasteiger charge is -2.32. The summed E-state index contributed by atoms with van der Waals surface area (Å²) in [5.74, 6) is 0.876. The summed E-state index contributed by atoms with van der Waals surface area (Å²) < 4.78 is 8.61. The van der Waals surface area contributed by atoms with Crippen molar-refractivity contribution in [1.82, 2.24) is 4.57 Å². The summed E-state index contributed by atoms with van der Waals surface area (Å²) in [5, 5.41) is 2.34. The van der Waals surface area contributed by atoms with Gasteiger partial charge in [-0.2, -0.15) is 0 Å². The molecule has 0 saturated heterocycles. The SMILES string of the molecule is CC(C)Oc1ccc2c(c1)c1cc(N(c3ccccc3)c3ccc4c(c3)C3(c5ccccc5-c5ccccc53)c3ccccc3-4)ccc1n2-c1ccccc1. The first kappa shape index (κ1) is 31.7. The first-order valence-electron chi connectivity index (χ1n) is 19.2. The molecule has 1 heterocycles. The van der Waals surface area contributed by atoms with E-state index in [9.17, 15) is 0 Å². The Bertz CT molecular complexity index is 2880. The summed E-state index contributed by atoms with van der Waals surface area (Å²) in [5.41, 5.74) is 16.9. The molecule has 3 nitrogen and oxygen atoms in total. The van der Waals surface area contributed by atoms with Crippen LogP contribution in [0.25, 0.3) is 49.7 Å². The largest absolute Gasteiger partial charge is 0.491 e. The van der Waals surface area contributed by atoms with Crippen molar-refractivity contribution in [2.24, 2.45) is 0 Å². The minimum atomic E-state index is -0.419. The van der Waals surface area contributed by atoms with Crippen LogP contribution in [0.3, 0.4) is 0 Å². The van der Waals surface area contributed by atoms with Crippen LogP contribution < -0.4 is 9.64 Å². The minimum Gasteiger partial charge on any atom is -0.491 e. The third kappa shape index (κ3) is 4.56. The van der Waals surface area contributed by atoms with Crippen LogP contribution in [-0.4, -0.2) is 10.7 Å². The monoisotopic (exact) mass is 706 g/mol. The van der Waals surface area contributed by atoms with Crippen molar-refractivity contribution in [3.05, 3.63) is 210 Å². The minimum absolute atomic E-state index is 0.0806. The van der Waals surface area contributed by atoms with E-state index in [-0.39, 0.29) is 6.10 Å². The molecule has 1 aromatic heterocycles. The Morgan fingerprint density at radius 3 is 1.55 bits per heavy atom. The van der Waals surface area contributed by atoms with Gasteiger partial charge in [0, 0.05) is 33.5 Å². The van der Waals surface area contributed by atoms with Gasteiger partial charge in [0.2, 0.25) is 0 Å². The van der Waals surface area contributed by atoms with Crippen LogP contribution in [0.1, 0.15) is 36.1 Å². The lowest BCUT2D eigenvalue weighted by atomic mass is 9.70. The van der Waals surface area contributed by atoms with E-state index >= 15 is 0 Å². The fourth-order valence-corrected chi connectivity index (χ4v) is 9.58. The van der Waals surface area contributed by atoms with Gasteiger partial charge in [-0.1, -0.05) is 115 Å². The van der Waals surface area contributed by atoms with Crippen LogP contribution in [-0.2, 0) is 5.41 Å². The summed E-state index contributed by atoms with van der Waals surface area (Å²) in [6, 6.07) is 69.0. The second kappa shape index (κ2) is 12.1. The van der Waals surface area contributed by atoms with Gasteiger partial charge in [0.15, 0.2) is 0 Å². The fourth-order valence-electron chi connectivity index (χ4n) is 9.58. The molecule has 1 spiro atoms. The zero-order chi connectivity index (χ0) is 36.7. The number of para-hydroxylation sites is 2. The molecule has 3 heteroatoms. The molecule has 0 unspecified atom stereocenters. The topological polar surface area (TPSA) is 17.4 Å². The highest BCUT2D eigenvalue weighted by molar-refractivity contribution is 6.11. The molecule has 9 aromatic rings. The molecule has 262 valence electrons. The van der Waals surface area contributed by atoms with Crippen LogP contribution in [0.15, 0.2) is 188 Å². The molecule has 0 N–H and O–H groups in total. The molecule has 8 aromatic carbocycles. The molecule has 0 radical (unpaired) electrons. The van der Waals surface area contributed by atoms with E-state index < -0.39 is 5.41 Å². The molecule has 0 saturated carbocycles. The molecule has 0 atom stereocenters. The second-order valence-electron chi connectivity index (χ2n) is 15.0. The van der Waals surface area contributed by atoms with Gasteiger partial charge in [0.05, 0.1) is 22.6 Å². The number of rotatable bonds is 6. The van der Waals surface area contributed by atoms with Crippen LogP contribution in [0.5, 0.6) is 5.75 Å². The third-order valence-corrected chi connectivity index (χ3v) is 11.6. The predicted octanol–water partition coefficient (Wildman–Crippen LogP) is 13.4. The van der Waals surface area contributed by atoms with E-state index in [0.29, 0.717) is 0 Å². The molecule has 11 rings (SSSR count). The number of anilines is 3. The Balaban J connectivity index is 1.17. The van der Waals surface area contributed by atoms with Crippen molar-refractivity contribution in [3.63, 3.8) is 0 Å². The van der Waals surface area contributed by atoms with E-state index in [2.05, 4.69) is 211 Å². The van der Waals surface area contributed by atoms with Gasteiger partial charge >= 0.3 is 0 Å². The predicted molar refractivity (Wildman–Crippen MR) is 228 cm³/mol. The maximum atomic E-state index is 6.25. The van der Waals surface area contributed by atoms with Crippen molar-refractivity contribution in [2.75, 3.05) is 4.90 Å². The summed E-state index contributed by atoms with van der Waals surface area (Å²) in [6.07, 6.45) is 0.0806. The highest BCUT2D eigenvalue weighted by Gasteiger charge is 2.51. The van der Waals surface area contributed by atoms with Crippen LogP contribution >= 0.6 is 0 Å². The number of hydrogen-bond donors (Lipinski definition) is 0. The first-order chi connectivity index (χ1) is 27.1. The highest BCUT2D eigenvalue weighted by atomic mass is 16.5. The standard InChI is InChI=1S/C52H38N2O/c1-34(2)55-39-27-30-51-45(33-39)44-31-37(26-29-50(44)54(51)36-17-7-4-8-18-36)53(35-15-5-3-6-16-35)38-25-28-43-42-21-11-14-24-48(42)52(49(43)32-38)46-22-12-9-19-40(46)41-20-10-13-23-47(41)52/h3-34H,1-2H3. The summed E-state index contributed by atoms with van der Waals surface area (Å²) in [6.45, 7) is 4.16. The average Bonchev–Trinajstić information content (AvgIpc) is 3.83. The lowest BCUT2D eigenvalue weighted by molar-refractivity contribution is 0.243. The van der Waals surface area contributed by atoms with E-state index in [1.165, 1.54) is 49.9 Å². The van der Waals surface area contributed by atoms with Crippen LogP contribution in [0.4, 0.5) is 17.1 Å². The van der Waals surface area contributed by atoms with Crippen molar-refractivity contribution in [1.29, 1.82) is 0 Å². The zero-order valence-electron chi connectivity index (χ0n) is 30.8. The molecule has 0 aliphatic heterocycles. The highest BCUT2D eigenvalue weighted by Crippen LogP contribution is 2.63. The molecular weight excluding hydrogens is 669 g/mol. The number of fused-ring (bicyclic) bond motifs is 13. The van der Waals surface area contributed by atoms with Gasteiger partial charge in [-0.05, 0) is 131 Å². The Labute approximate surface area is 321 Å². The van der Waals surface area contributed by atoms with E-state index in [0.717, 1.165) is 44.9 Å². The van der Waals surface area contributed by atoms with Crippen molar-refractivity contribution in [2.45, 2.75) is 25.4 Å². The first-order valence-corrected chi connectivity index (χ1v) is 19.2. The number of benzene rings is 8. The number of aromatic nitrogens is 1. The van der Waals surface area contributed by atoms with Crippen molar-refractivity contribution in [3.8, 4) is 33.7 Å². The molecule has 2 aliphatic carbocycles. The summed E-state index contributed by atoms with van der Waals surface area (Å²) in [7, 11) is 0. The molecule has 2 aliphatic rings. The van der Waals surface area contributed by atoms with Gasteiger partial charge in [-0.3, -0.25) is 0 Å². The van der Waals surface area contributed by atoms with Gasteiger partial charge in [-0.15, -0.1) is 0 Å². The van der Waals surface area contributed by atoms with Gasteiger partial charge in [0.25, 0.3) is 0 Å². The van der Waals surface area contributed by atoms with Crippen LogP contribution in [0.2, 0.25) is 0 Å². The van der Waals surface area contributed by atoms with Gasteiger partial charge in [-0.25, -0.2) is 0 Å². The Kier molecular flexibility index (Phi) is 6.96. The van der Waals surface area contributed by atoms with Crippen molar-refractivity contribution >= 4 is 38.9 Å². The smallest absolute Gasteiger partial charge is 0.120 e. The lowest BCUT2D eigenvalue weighted by Crippen LogP contribution is -2.26. The fraction of sp³-hybridized carbons (Fsp3) is 0.0769. The molecular formula is C52H38N2O. The maximum Gasteiger partial charge on any atom is 0.120 e. The Hall–Kier alpha value is -6.84. The van der Waals surface area contributed by atoms with E-state index in [1.807, 2.05) is 0 Å². The van der Waals surface area contributed by atoms with Gasteiger partial charge in [0.1, 0.15) is 5.75 Å². The summed E-state index contributed by atoms with van der Waals surface area (Å²) >= 11 is 0. The Morgan fingerprint density at radius 1 is 0.436 bits per heavy atom. The molecule has 0 amide bonds. The number of nitrogens with zero attached hydrogens (tertiary/aromatic N) is 2.